The molecule has 4 rings (SSSR count). The molecule has 0 unspecified atom stereocenters. The van der Waals surface area contributed by atoms with Crippen LogP contribution >= 0.6 is 15.9 Å². The zero-order valence-electron chi connectivity index (χ0n) is 20.0. The summed E-state index contributed by atoms with van der Waals surface area (Å²) in [6.45, 7) is 4.19. The Morgan fingerprint density at radius 3 is 2.44 bits per heavy atom. The predicted octanol–water partition coefficient (Wildman–Crippen LogP) is 6.22. The molecule has 0 bridgehead atoms. The van der Waals surface area contributed by atoms with Gasteiger partial charge in [-0.15, -0.1) is 0 Å². The number of hydrazone groups is 1. The lowest BCUT2D eigenvalue weighted by Gasteiger charge is -2.11. The van der Waals surface area contributed by atoms with Crippen LogP contribution in [0.4, 0.5) is 0 Å². The number of benzene rings is 4. The molecular weight excluding hydrogens is 520 g/mol. The van der Waals surface area contributed by atoms with Crippen molar-refractivity contribution in [3.63, 3.8) is 0 Å². The van der Waals surface area contributed by atoms with E-state index in [0.717, 1.165) is 26.4 Å². The average molecular weight is 545 g/mol. The third-order valence-electron chi connectivity index (χ3n) is 5.47. The first-order valence-electron chi connectivity index (χ1n) is 11.5. The molecule has 0 aliphatic heterocycles. The first kappa shape index (κ1) is 25.1. The second-order valence-electron chi connectivity index (χ2n) is 8.12. The van der Waals surface area contributed by atoms with Gasteiger partial charge in [-0.1, -0.05) is 64.0 Å². The maximum Gasteiger partial charge on any atom is 0.343 e. The Balaban J connectivity index is 1.42. The summed E-state index contributed by atoms with van der Waals surface area (Å²) in [5.74, 6) is 0.0257. The molecule has 4 aromatic carbocycles. The summed E-state index contributed by atoms with van der Waals surface area (Å²) in [7, 11) is 0. The van der Waals surface area contributed by atoms with Crippen molar-refractivity contribution in [2.24, 2.45) is 5.10 Å². The highest BCUT2D eigenvalue weighted by Crippen LogP contribution is 2.29. The summed E-state index contributed by atoms with van der Waals surface area (Å²) in [6.07, 6.45) is 1.72. The highest BCUT2D eigenvalue weighted by molar-refractivity contribution is 9.10. The highest BCUT2D eigenvalue weighted by atomic mass is 79.9. The van der Waals surface area contributed by atoms with Crippen LogP contribution in [0, 0.1) is 6.92 Å². The molecule has 0 radical (unpaired) electrons. The van der Waals surface area contributed by atoms with Gasteiger partial charge in [0.25, 0.3) is 0 Å². The van der Waals surface area contributed by atoms with Gasteiger partial charge in [-0.3, -0.25) is 4.79 Å². The van der Waals surface area contributed by atoms with Gasteiger partial charge in [0.15, 0.2) is 11.5 Å². The Bertz CT molecular complexity index is 1430. The first-order chi connectivity index (χ1) is 17.4. The van der Waals surface area contributed by atoms with Crippen LogP contribution < -0.4 is 14.9 Å². The van der Waals surface area contributed by atoms with Gasteiger partial charge >= 0.3 is 5.97 Å². The molecule has 7 heteroatoms. The fraction of sp³-hybridized carbons (Fsp3) is 0.138. The molecule has 0 aromatic heterocycles. The van der Waals surface area contributed by atoms with Gasteiger partial charge < -0.3 is 9.47 Å². The Morgan fingerprint density at radius 2 is 1.69 bits per heavy atom. The zero-order valence-corrected chi connectivity index (χ0v) is 21.5. The molecule has 36 heavy (non-hydrogen) atoms. The molecule has 1 amide bonds. The fourth-order valence-electron chi connectivity index (χ4n) is 3.68. The van der Waals surface area contributed by atoms with Gasteiger partial charge in [-0.05, 0) is 72.1 Å². The van der Waals surface area contributed by atoms with Crippen LogP contribution in [0.15, 0.2) is 88.4 Å². The number of halogens is 1. The number of amides is 1. The van der Waals surface area contributed by atoms with Crippen molar-refractivity contribution in [1.82, 2.24) is 5.43 Å². The van der Waals surface area contributed by atoms with E-state index in [4.69, 9.17) is 9.47 Å². The minimum absolute atomic E-state index is 0.198. The molecular formula is C29H25BrN2O4. The minimum Gasteiger partial charge on any atom is -0.490 e. The molecule has 0 heterocycles. The van der Waals surface area contributed by atoms with Gasteiger partial charge in [0.2, 0.25) is 5.91 Å². The molecule has 0 saturated carbocycles. The molecule has 0 saturated heterocycles. The number of carbonyl (C=O) groups excluding carboxylic acids is 2. The summed E-state index contributed by atoms with van der Waals surface area (Å²) in [4.78, 5) is 25.0. The third-order valence-corrected chi connectivity index (χ3v) is 6.16. The summed E-state index contributed by atoms with van der Waals surface area (Å²) in [6, 6.07) is 24.0. The van der Waals surface area contributed by atoms with Crippen LogP contribution in [0.5, 0.6) is 11.5 Å². The topological polar surface area (TPSA) is 77.0 Å². The number of nitrogens with zero attached hydrogens (tertiary/aromatic N) is 1. The summed E-state index contributed by atoms with van der Waals surface area (Å²) < 4.78 is 12.2. The highest BCUT2D eigenvalue weighted by Gasteiger charge is 2.13. The number of esters is 1. The van der Waals surface area contributed by atoms with Crippen LogP contribution in [-0.4, -0.2) is 24.7 Å². The smallest absolute Gasteiger partial charge is 0.343 e. The fourth-order valence-corrected chi connectivity index (χ4v) is 4.15. The lowest BCUT2D eigenvalue weighted by atomic mass is 10.0. The van der Waals surface area contributed by atoms with E-state index in [1.54, 1.807) is 30.3 Å². The maximum atomic E-state index is 12.5. The summed E-state index contributed by atoms with van der Waals surface area (Å²) in [5, 5.41) is 6.16. The van der Waals surface area contributed by atoms with E-state index in [-0.39, 0.29) is 12.3 Å². The molecule has 182 valence electrons. The number of ether oxygens (including phenoxy) is 2. The average Bonchev–Trinajstić information content (AvgIpc) is 2.88. The number of hydrogen-bond acceptors (Lipinski definition) is 5. The van der Waals surface area contributed by atoms with E-state index < -0.39 is 5.97 Å². The van der Waals surface area contributed by atoms with Gasteiger partial charge in [-0.25, -0.2) is 10.2 Å². The molecule has 0 aliphatic rings. The van der Waals surface area contributed by atoms with Crippen molar-refractivity contribution in [3.8, 4) is 11.5 Å². The van der Waals surface area contributed by atoms with E-state index in [2.05, 4.69) is 26.5 Å². The van der Waals surface area contributed by atoms with E-state index in [9.17, 15) is 9.59 Å². The Labute approximate surface area is 218 Å². The number of nitrogens with one attached hydrogen (secondary N) is 1. The van der Waals surface area contributed by atoms with Crippen molar-refractivity contribution in [1.29, 1.82) is 0 Å². The molecule has 1 N–H and O–H groups in total. The normalized spacial score (nSPS) is 11.0. The summed E-state index contributed by atoms with van der Waals surface area (Å²) >= 11 is 3.55. The molecule has 4 aromatic rings. The lowest BCUT2D eigenvalue weighted by Crippen LogP contribution is -2.20. The second-order valence-corrected chi connectivity index (χ2v) is 8.97. The van der Waals surface area contributed by atoms with E-state index in [0.29, 0.717) is 29.2 Å². The van der Waals surface area contributed by atoms with Crippen LogP contribution in [0.1, 0.15) is 34.0 Å². The molecule has 6 nitrogen and oxygen atoms in total. The lowest BCUT2D eigenvalue weighted by molar-refractivity contribution is -0.120. The zero-order chi connectivity index (χ0) is 25.5. The maximum absolute atomic E-state index is 12.5. The van der Waals surface area contributed by atoms with Crippen molar-refractivity contribution >= 4 is 44.8 Å². The van der Waals surface area contributed by atoms with Crippen LogP contribution in [0.25, 0.3) is 10.8 Å². The predicted molar refractivity (Wildman–Crippen MR) is 145 cm³/mol. The van der Waals surface area contributed by atoms with Crippen molar-refractivity contribution in [2.45, 2.75) is 20.3 Å². The Hall–Kier alpha value is -3.97. The van der Waals surface area contributed by atoms with Crippen LogP contribution in [0.3, 0.4) is 0 Å². The van der Waals surface area contributed by atoms with Gasteiger partial charge in [-0.2, -0.15) is 5.10 Å². The van der Waals surface area contributed by atoms with Crippen molar-refractivity contribution < 1.29 is 19.1 Å². The third kappa shape index (κ3) is 6.17. The summed E-state index contributed by atoms with van der Waals surface area (Å²) in [5.41, 5.74) is 5.69. The van der Waals surface area contributed by atoms with Gasteiger partial charge in [0, 0.05) is 4.47 Å². The standard InChI is InChI=1S/C29H25BrN2O4/c1-3-35-27-16-20(10-15-26(27)36-29(34)21-11-8-19(2)9-12-21)18-31-32-28(33)17-22-13-14-25(30)24-7-5-4-6-23(22)24/h4-16,18H,3,17H2,1-2H3,(H,32,33)/b31-18-. The van der Waals surface area contributed by atoms with E-state index >= 15 is 0 Å². The number of hydrogen-bond donors (Lipinski definition) is 1. The number of aryl methyl sites for hydroxylation is 1. The molecule has 0 fully saturated rings. The van der Waals surface area contributed by atoms with Crippen LogP contribution in [0.2, 0.25) is 0 Å². The van der Waals surface area contributed by atoms with Gasteiger partial charge in [0.1, 0.15) is 0 Å². The molecule has 0 aliphatic carbocycles. The molecule has 0 atom stereocenters. The number of carbonyl (C=O) groups is 2. The Kier molecular flexibility index (Phi) is 8.13. The van der Waals surface area contributed by atoms with Gasteiger partial charge in [0.05, 0.1) is 24.8 Å². The quantitative estimate of drug-likeness (QED) is 0.123. The van der Waals surface area contributed by atoms with Crippen LogP contribution in [-0.2, 0) is 11.2 Å². The van der Waals surface area contributed by atoms with Crippen molar-refractivity contribution in [2.75, 3.05) is 6.61 Å². The SMILES string of the molecule is CCOc1cc(/C=N\NC(=O)Cc2ccc(Br)c3ccccc23)ccc1OC(=O)c1ccc(C)cc1. The monoisotopic (exact) mass is 544 g/mol. The molecule has 0 spiro atoms. The number of rotatable bonds is 8. The number of fused-ring (bicyclic) bond motifs is 1. The Morgan fingerprint density at radius 1 is 0.944 bits per heavy atom. The second kappa shape index (κ2) is 11.6. The minimum atomic E-state index is -0.468. The van der Waals surface area contributed by atoms with E-state index in [1.807, 2.05) is 62.4 Å². The van der Waals surface area contributed by atoms with Crippen molar-refractivity contribution in [3.05, 3.63) is 106 Å². The first-order valence-corrected chi connectivity index (χ1v) is 12.3. The van der Waals surface area contributed by atoms with E-state index in [1.165, 1.54) is 6.21 Å². The largest absolute Gasteiger partial charge is 0.490 e.